The summed E-state index contributed by atoms with van der Waals surface area (Å²) in [5.74, 6) is -0.825. The molecule has 0 radical (unpaired) electrons. The van der Waals surface area contributed by atoms with Crippen molar-refractivity contribution in [3.8, 4) is 0 Å². The van der Waals surface area contributed by atoms with Crippen molar-refractivity contribution in [2.24, 2.45) is 0 Å². The minimum absolute atomic E-state index is 0.0819. The number of carbonyl (C=O) groups is 2. The monoisotopic (exact) mass is 295 g/mol. The Kier molecular flexibility index (Phi) is 7.65. The van der Waals surface area contributed by atoms with Crippen molar-refractivity contribution in [3.63, 3.8) is 0 Å². The van der Waals surface area contributed by atoms with Crippen molar-refractivity contribution in [2.75, 3.05) is 6.54 Å². The van der Waals surface area contributed by atoms with E-state index in [4.69, 9.17) is 5.11 Å². The van der Waals surface area contributed by atoms with E-state index in [0.29, 0.717) is 13.0 Å². The number of amides is 1. The summed E-state index contributed by atoms with van der Waals surface area (Å²) >= 11 is 1.65. The molecular weight excluding hydrogens is 274 g/mol. The van der Waals surface area contributed by atoms with Crippen molar-refractivity contribution in [1.29, 1.82) is 0 Å². The summed E-state index contributed by atoms with van der Waals surface area (Å²) in [7, 11) is 0. The largest absolute Gasteiger partial charge is 0.481 e. The molecule has 0 bridgehead atoms. The number of aryl methyl sites for hydroxylation is 1. The van der Waals surface area contributed by atoms with Gasteiger partial charge in [0.2, 0.25) is 5.91 Å². The number of hydrogen-bond acceptors (Lipinski definition) is 3. The van der Waals surface area contributed by atoms with Gasteiger partial charge in [-0.2, -0.15) is 0 Å². The van der Waals surface area contributed by atoms with Gasteiger partial charge in [-0.3, -0.25) is 9.59 Å². The Bertz CT molecular complexity index is 465. The van der Waals surface area contributed by atoms with Crippen molar-refractivity contribution >= 4 is 29.3 Å². The molecule has 0 spiro atoms. The standard InChI is InChI=1S/C15H21NO3S/c1-12-7-8-13(20-12)9-10-14(17)16-11-5-3-2-4-6-15(18)19/h7-10H,2-6,11H2,1H3,(H,16,17)(H,18,19)/b10-9+. The third kappa shape index (κ3) is 7.74. The van der Waals surface area contributed by atoms with Gasteiger partial charge in [0.15, 0.2) is 0 Å². The molecule has 0 aliphatic rings. The molecule has 20 heavy (non-hydrogen) atoms. The number of carbonyl (C=O) groups excluding carboxylic acids is 1. The Morgan fingerprint density at radius 2 is 2.00 bits per heavy atom. The van der Waals surface area contributed by atoms with Gasteiger partial charge in [0.25, 0.3) is 0 Å². The Morgan fingerprint density at radius 1 is 1.25 bits per heavy atom. The summed E-state index contributed by atoms with van der Waals surface area (Å²) in [4.78, 5) is 24.1. The first-order chi connectivity index (χ1) is 9.58. The lowest BCUT2D eigenvalue weighted by Crippen LogP contribution is -2.21. The zero-order valence-electron chi connectivity index (χ0n) is 11.7. The average Bonchev–Trinajstić information content (AvgIpc) is 2.81. The van der Waals surface area contributed by atoms with Gasteiger partial charge in [-0.25, -0.2) is 0 Å². The van der Waals surface area contributed by atoms with E-state index < -0.39 is 5.97 Å². The second-order valence-corrected chi connectivity index (χ2v) is 5.95. The lowest BCUT2D eigenvalue weighted by Gasteiger charge is -2.01. The first-order valence-electron chi connectivity index (χ1n) is 6.82. The number of carboxylic acids is 1. The van der Waals surface area contributed by atoms with E-state index in [9.17, 15) is 9.59 Å². The van der Waals surface area contributed by atoms with E-state index in [1.807, 2.05) is 25.1 Å². The molecule has 0 atom stereocenters. The van der Waals surface area contributed by atoms with E-state index >= 15 is 0 Å². The molecule has 5 heteroatoms. The summed E-state index contributed by atoms with van der Waals surface area (Å²) in [6, 6.07) is 4.02. The fourth-order valence-corrected chi connectivity index (χ4v) is 2.51. The summed E-state index contributed by atoms with van der Waals surface area (Å²) in [6.45, 7) is 2.67. The number of aliphatic carboxylic acids is 1. The number of carboxylic acid groups (broad SMARTS) is 1. The Labute approximate surface area is 123 Å². The third-order valence-electron chi connectivity index (χ3n) is 2.78. The lowest BCUT2D eigenvalue weighted by molar-refractivity contribution is -0.137. The van der Waals surface area contributed by atoms with Crippen LogP contribution in [0.4, 0.5) is 0 Å². The highest BCUT2D eigenvalue weighted by molar-refractivity contribution is 7.12. The fraction of sp³-hybridized carbons (Fsp3) is 0.467. The summed E-state index contributed by atoms with van der Waals surface area (Å²) < 4.78 is 0. The van der Waals surface area contributed by atoms with Crippen molar-refractivity contribution in [3.05, 3.63) is 28.0 Å². The molecule has 0 saturated carbocycles. The van der Waals surface area contributed by atoms with E-state index in [-0.39, 0.29) is 12.3 Å². The van der Waals surface area contributed by atoms with Gasteiger partial charge in [0.1, 0.15) is 0 Å². The molecule has 4 nitrogen and oxygen atoms in total. The first-order valence-corrected chi connectivity index (χ1v) is 7.64. The maximum Gasteiger partial charge on any atom is 0.303 e. The Hall–Kier alpha value is -1.62. The van der Waals surface area contributed by atoms with Gasteiger partial charge in [0.05, 0.1) is 0 Å². The summed E-state index contributed by atoms with van der Waals surface area (Å²) in [6.07, 6.45) is 7.04. The molecular formula is C15H21NO3S. The van der Waals surface area contributed by atoms with Crippen LogP contribution in [0.5, 0.6) is 0 Å². The van der Waals surface area contributed by atoms with Gasteiger partial charge >= 0.3 is 5.97 Å². The normalized spacial score (nSPS) is 10.8. The quantitative estimate of drug-likeness (QED) is 0.543. The predicted molar refractivity (Wildman–Crippen MR) is 81.8 cm³/mol. The summed E-state index contributed by atoms with van der Waals surface area (Å²) in [5, 5.41) is 11.3. The van der Waals surface area contributed by atoms with Crippen molar-refractivity contribution in [1.82, 2.24) is 5.32 Å². The molecule has 0 aliphatic heterocycles. The molecule has 110 valence electrons. The zero-order valence-corrected chi connectivity index (χ0v) is 12.5. The number of thiophene rings is 1. The van der Waals surface area contributed by atoms with Gasteiger partial charge in [-0.15, -0.1) is 11.3 Å². The Morgan fingerprint density at radius 3 is 2.65 bits per heavy atom. The highest BCUT2D eigenvalue weighted by atomic mass is 32.1. The van der Waals surface area contributed by atoms with Gasteiger partial charge in [0, 0.05) is 28.8 Å². The SMILES string of the molecule is Cc1ccc(/C=C/C(=O)NCCCCCCC(=O)O)s1. The van der Waals surface area contributed by atoms with E-state index in [1.165, 1.54) is 4.88 Å². The van der Waals surface area contributed by atoms with E-state index in [2.05, 4.69) is 5.32 Å². The van der Waals surface area contributed by atoms with Crippen LogP contribution in [0.1, 0.15) is 41.9 Å². The van der Waals surface area contributed by atoms with Crippen LogP contribution in [0.15, 0.2) is 18.2 Å². The van der Waals surface area contributed by atoms with Crippen LogP contribution in [-0.2, 0) is 9.59 Å². The predicted octanol–water partition coefficient (Wildman–Crippen LogP) is 3.22. The maximum atomic E-state index is 11.5. The molecule has 2 N–H and O–H groups in total. The van der Waals surface area contributed by atoms with E-state index in [0.717, 1.165) is 24.1 Å². The minimum Gasteiger partial charge on any atom is -0.481 e. The van der Waals surface area contributed by atoms with Gasteiger partial charge in [-0.1, -0.05) is 12.8 Å². The van der Waals surface area contributed by atoms with Crippen LogP contribution in [-0.4, -0.2) is 23.5 Å². The number of nitrogens with one attached hydrogen (secondary N) is 1. The molecule has 0 aliphatic carbocycles. The van der Waals surface area contributed by atoms with Crippen molar-refractivity contribution in [2.45, 2.75) is 39.0 Å². The van der Waals surface area contributed by atoms with Crippen LogP contribution in [0.3, 0.4) is 0 Å². The Balaban J connectivity index is 2.05. The van der Waals surface area contributed by atoms with Crippen LogP contribution in [0.2, 0.25) is 0 Å². The highest BCUT2D eigenvalue weighted by Gasteiger charge is 1.98. The third-order valence-corrected chi connectivity index (χ3v) is 3.74. The molecule has 1 amide bonds. The van der Waals surface area contributed by atoms with Gasteiger partial charge in [-0.05, 0) is 38.0 Å². The second-order valence-electron chi connectivity index (χ2n) is 4.63. The molecule has 1 aromatic rings. The molecule has 0 fully saturated rings. The molecule has 0 unspecified atom stereocenters. The number of unbranched alkanes of at least 4 members (excludes halogenated alkanes) is 3. The smallest absolute Gasteiger partial charge is 0.303 e. The second kappa shape index (κ2) is 9.31. The number of rotatable bonds is 9. The van der Waals surface area contributed by atoms with Crippen LogP contribution >= 0.6 is 11.3 Å². The molecule has 0 aromatic carbocycles. The highest BCUT2D eigenvalue weighted by Crippen LogP contribution is 2.16. The van der Waals surface area contributed by atoms with Crippen LogP contribution in [0.25, 0.3) is 6.08 Å². The average molecular weight is 295 g/mol. The maximum absolute atomic E-state index is 11.5. The molecule has 0 saturated heterocycles. The number of hydrogen-bond donors (Lipinski definition) is 2. The summed E-state index contributed by atoms with van der Waals surface area (Å²) in [5.41, 5.74) is 0. The van der Waals surface area contributed by atoms with E-state index in [1.54, 1.807) is 17.4 Å². The van der Waals surface area contributed by atoms with Gasteiger partial charge < -0.3 is 10.4 Å². The van der Waals surface area contributed by atoms with Crippen LogP contribution < -0.4 is 5.32 Å². The molecule has 1 heterocycles. The molecule has 1 rings (SSSR count). The zero-order chi connectivity index (χ0) is 14.8. The lowest BCUT2D eigenvalue weighted by atomic mass is 10.1. The molecule has 1 aromatic heterocycles. The fourth-order valence-electron chi connectivity index (χ4n) is 1.73. The van der Waals surface area contributed by atoms with Crippen LogP contribution in [0, 0.1) is 6.92 Å². The minimum atomic E-state index is -0.743. The first kappa shape index (κ1) is 16.4. The van der Waals surface area contributed by atoms with Crippen molar-refractivity contribution < 1.29 is 14.7 Å². The topological polar surface area (TPSA) is 66.4 Å².